The normalized spacial score (nSPS) is 16.7. The molecule has 61 heavy (non-hydrogen) atoms. The maximum absolute atomic E-state index is 11.6. The van der Waals surface area contributed by atoms with Crippen LogP contribution >= 0.6 is 35.1 Å². The first-order valence-corrected chi connectivity index (χ1v) is 20.7. The summed E-state index contributed by atoms with van der Waals surface area (Å²) in [6.45, 7) is 3.22. The Morgan fingerprint density at radius 3 is 2.15 bits per heavy atom. The lowest BCUT2D eigenvalue weighted by molar-refractivity contribution is -0.432. The van der Waals surface area contributed by atoms with Gasteiger partial charge in [0, 0.05) is 4.90 Å². The zero-order valence-electron chi connectivity index (χ0n) is 30.5. The van der Waals surface area contributed by atoms with Crippen molar-refractivity contribution in [1.82, 2.24) is 69.0 Å². The number of nitrogens with two attached hydrogens (primary N) is 2. The number of benzene rings is 1. The summed E-state index contributed by atoms with van der Waals surface area (Å²) in [5.74, 6) is -0.595. The van der Waals surface area contributed by atoms with Gasteiger partial charge in [0.05, 0.1) is 49.8 Å². The first kappa shape index (κ1) is 39.5. The molecule has 0 saturated heterocycles. The number of fused-ring (bicyclic) bond motifs is 2. The number of nitrogens with zero attached hydrogens (tertiary/aromatic N) is 19. The molecular weight excluding hydrogens is 883 g/mol. The van der Waals surface area contributed by atoms with E-state index in [-0.39, 0.29) is 63.0 Å². The number of anilines is 2. The van der Waals surface area contributed by atoms with Gasteiger partial charge in [-0.25, -0.2) is 10.2 Å². The molecule has 1 aromatic carbocycles. The van der Waals surface area contributed by atoms with Crippen LogP contribution in [-0.4, -0.2) is 109 Å². The third-order valence-corrected chi connectivity index (χ3v) is 12.0. The summed E-state index contributed by atoms with van der Waals surface area (Å²) in [5.41, 5.74) is 14.4. The summed E-state index contributed by atoms with van der Waals surface area (Å²) < 4.78 is 42.8. The number of thioether (sulfide) groups is 1. The van der Waals surface area contributed by atoms with Gasteiger partial charge in [-0.15, -0.1) is 35.0 Å². The highest BCUT2D eigenvalue weighted by molar-refractivity contribution is 8.14. The van der Waals surface area contributed by atoms with Crippen molar-refractivity contribution < 1.29 is 32.7 Å². The second-order valence-corrected chi connectivity index (χ2v) is 16.7. The van der Waals surface area contributed by atoms with E-state index in [1.807, 2.05) is 0 Å². The van der Waals surface area contributed by atoms with E-state index in [4.69, 9.17) is 16.7 Å². The molecular formula is C29H23N21O7S4. The van der Waals surface area contributed by atoms with Crippen LogP contribution in [0.4, 0.5) is 34.9 Å². The van der Waals surface area contributed by atoms with Gasteiger partial charge < -0.3 is 16.6 Å². The lowest BCUT2D eigenvalue weighted by Crippen LogP contribution is -2.18. The summed E-state index contributed by atoms with van der Waals surface area (Å²) in [6, 6.07) is 4.24. The van der Waals surface area contributed by atoms with Crippen LogP contribution in [0.15, 0.2) is 84.3 Å². The van der Waals surface area contributed by atoms with Crippen molar-refractivity contribution in [1.29, 1.82) is 0 Å². The Bertz CT molecular complexity index is 3150. The van der Waals surface area contributed by atoms with E-state index in [2.05, 4.69) is 85.1 Å². The van der Waals surface area contributed by atoms with Gasteiger partial charge in [0.2, 0.25) is 5.13 Å². The Morgan fingerprint density at radius 1 is 0.869 bits per heavy atom. The van der Waals surface area contributed by atoms with Gasteiger partial charge in [-0.05, 0) is 44.2 Å². The number of hydrogen-bond donors (Lipinski definition) is 5. The van der Waals surface area contributed by atoms with Crippen LogP contribution in [0.3, 0.4) is 0 Å². The average Bonchev–Trinajstić information content (AvgIpc) is 4.09. The standard InChI is InChI=1S/C29H23N21O7S4/c1-11-19(39-41-23-32-9-47(45-23)28-34-15-5-3-13(60-57-56-52)7-17(15)58-28)21(30)49(43-11)25-36-26(38-27(51)37-25)50-22(31)20(12(2)44-50)40-42-24-33-10-48(46-24)29-35-16-6-4-14(61(53,54)55)8-18(16)59-29/h3-10,16,18,52H,30-31H2,1-2H3,(H,53,54,55)(H,36,37,38,51). The van der Waals surface area contributed by atoms with Crippen LogP contribution in [0, 0.1) is 13.8 Å². The fraction of sp³-hybridized carbons (Fsp3) is 0.138. The van der Waals surface area contributed by atoms with Gasteiger partial charge in [0.15, 0.2) is 28.2 Å². The Kier molecular flexibility index (Phi) is 10.1. The number of hydrogen-bond acceptors (Lipinski definition) is 26. The zero-order valence-corrected chi connectivity index (χ0v) is 33.8. The maximum atomic E-state index is 11.6. The Balaban J connectivity index is 0.912. The first-order chi connectivity index (χ1) is 29.3. The number of aryl methyl sites for hydroxylation is 2. The molecule has 6 aromatic heterocycles. The molecule has 7 N–H and O–H groups in total. The molecule has 0 amide bonds. The summed E-state index contributed by atoms with van der Waals surface area (Å²) in [6.07, 6.45) is 7.07. The zero-order chi connectivity index (χ0) is 42.6. The van der Waals surface area contributed by atoms with Crippen LogP contribution in [0.1, 0.15) is 11.4 Å². The lowest BCUT2D eigenvalue weighted by Gasteiger charge is -2.14. The summed E-state index contributed by atoms with van der Waals surface area (Å²) in [5, 5.41) is 57.1. The molecule has 0 radical (unpaired) electrons. The SMILES string of the molecule is Cc1nn(-c2nc(O)nc(-n3nc(C)c(N=Nc4ncn(-c5nc6ccc(SOOO)cc6s5)n4)c3N)n2)c(N)c1N=Nc1ncn(C2=NC3C=CC(S(=O)(=O)O)=CC3S2)n1. The minimum absolute atomic E-state index is 0.00797. The van der Waals surface area contributed by atoms with E-state index >= 15 is 0 Å². The van der Waals surface area contributed by atoms with E-state index in [9.17, 15) is 18.1 Å². The molecule has 2 atom stereocenters. The average molecular weight is 906 g/mol. The van der Waals surface area contributed by atoms with E-state index < -0.39 is 16.1 Å². The van der Waals surface area contributed by atoms with E-state index in [0.717, 1.165) is 26.1 Å². The van der Waals surface area contributed by atoms with Crippen molar-refractivity contribution >= 4 is 95.6 Å². The third-order valence-electron chi connectivity index (χ3n) is 8.37. The predicted molar refractivity (Wildman–Crippen MR) is 214 cm³/mol. The molecule has 7 aromatic rings. The molecule has 28 nitrogen and oxygen atoms in total. The van der Waals surface area contributed by atoms with Crippen LogP contribution in [0.5, 0.6) is 6.01 Å². The topological polar surface area (TPSA) is 376 Å². The minimum Gasteiger partial charge on any atom is -0.479 e. The van der Waals surface area contributed by atoms with Gasteiger partial charge in [0.1, 0.15) is 12.7 Å². The highest BCUT2D eigenvalue weighted by Gasteiger charge is 2.33. The van der Waals surface area contributed by atoms with Crippen molar-refractivity contribution in [3.63, 3.8) is 0 Å². The number of thiazole rings is 1. The number of aromatic hydroxyl groups is 1. The van der Waals surface area contributed by atoms with Crippen LogP contribution in [-0.2, 0) is 19.5 Å². The third kappa shape index (κ3) is 7.81. The highest BCUT2D eigenvalue weighted by atomic mass is 32.2. The van der Waals surface area contributed by atoms with Crippen LogP contribution in [0.2, 0.25) is 0 Å². The fourth-order valence-corrected chi connectivity index (χ4v) is 8.82. The molecule has 0 bridgehead atoms. The van der Waals surface area contributed by atoms with Crippen molar-refractivity contribution in [3.05, 3.63) is 65.4 Å². The van der Waals surface area contributed by atoms with Crippen LogP contribution < -0.4 is 11.5 Å². The summed E-state index contributed by atoms with van der Waals surface area (Å²) in [4.78, 5) is 30.2. The molecule has 0 spiro atoms. The first-order valence-electron chi connectivity index (χ1n) is 16.8. The second-order valence-electron chi connectivity index (χ2n) is 12.3. The number of allylic oxidation sites excluding steroid dienone is 1. The number of nitrogen functional groups attached to an aromatic ring is 2. The fourth-order valence-electron chi connectivity index (χ4n) is 5.63. The monoisotopic (exact) mass is 905 g/mol. The molecule has 2 aliphatic rings. The van der Waals surface area contributed by atoms with Crippen LogP contribution in [0.25, 0.3) is 27.2 Å². The van der Waals surface area contributed by atoms with E-state index in [1.54, 1.807) is 38.1 Å². The Hall–Kier alpha value is -6.94. The molecule has 0 saturated carbocycles. The summed E-state index contributed by atoms with van der Waals surface area (Å²) >= 11 is 3.38. The largest absolute Gasteiger partial charge is 0.479 e. The molecule has 7 heterocycles. The smallest absolute Gasteiger partial charge is 0.320 e. The van der Waals surface area contributed by atoms with Crippen molar-refractivity contribution in [2.24, 2.45) is 25.4 Å². The molecule has 1 aliphatic carbocycles. The molecule has 1 aliphatic heterocycles. The van der Waals surface area contributed by atoms with Crippen molar-refractivity contribution in [2.45, 2.75) is 30.0 Å². The molecule has 310 valence electrons. The number of aliphatic imine (C=N–C) groups is 1. The Labute approximate surface area is 351 Å². The number of azo groups is 2. The lowest BCUT2D eigenvalue weighted by atomic mass is 10.1. The number of aromatic nitrogens is 14. The molecule has 2 unspecified atom stereocenters. The molecule has 9 rings (SSSR count). The van der Waals surface area contributed by atoms with E-state index in [1.165, 1.54) is 57.3 Å². The molecule has 0 fully saturated rings. The minimum atomic E-state index is -4.36. The van der Waals surface area contributed by atoms with Gasteiger partial charge in [-0.3, -0.25) is 9.55 Å². The van der Waals surface area contributed by atoms with Crippen molar-refractivity contribution in [2.75, 3.05) is 11.5 Å². The van der Waals surface area contributed by atoms with Crippen molar-refractivity contribution in [3.8, 4) is 23.0 Å². The Morgan fingerprint density at radius 2 is 1.51 bits per heavy atom. The maximum Gasteiger partial charge on any atom is 0.320 e. The quantitative estimate of drug-likeness (QED) is 0.0405. The predicted octanol–water partition coefficient (Wildman–Crippen LogP) is 3.80. The van der Waals surface area contributed by atoms with Gasteiger partial charge in [-0.1, -0.05) is 34.2 Å². The van der Waals surface area contributed by atoms with Gasteiger partial charge >= 0.3 is 6.01 Å². The highest BCUT2D eigenvalue weighted by Crippen LogP contribution is 2.36. The second kappa shape index (κ2) is 15.6. The molecule has 32 heteroatoms. The summed E-state index contributed by atoms with van der Waals surface area (Å²) in [7, 11) is -4.36. The van der Waals surface area contributed by atoms with Gasteiger partial charge in [-0.2, -0.15) is 62.3 Å². The van der Waals surface area contributed by atoms with E-state index in [0.29, 0.717) is 32.1 Å². The number of rotatable bonds is 11. The van der Waals surface area contributed by atoms with Gasteiger partial charge in [0.25, 0.3) is 33.9 Å².